The minimum Gasteiger partial charge on any atom is -0.368 e. The van der Waals surface area contributed by atoms with Crippen molar-refractivity contribution in [2.45, 2.75) is 78.3 Å². The molecule has 0 spiro atoms. The molecular formula is C16H35N3O. The summed E-state index contributed by atoms with van der Waals surface area (Å²) in [6.07, 6.45) is 5.51. The summed E-state index contributed by atoms with van der Waals surface area (Å²) in [6.45, 7) is 13.5. The van der Waals surface area contributed by atoms with Crippen LogP contribution in [0.4, 0.5) is 0 Å². The minimum atomic E-state index is -0.589. The van der Waals surface area contributed by atoms with Crippen LogP contribution in [0.15, 0.2) is 0 Å². The van der Waals surface area contributed by atoms with Crippen molar-refractivity contribution >= 4 is 5.91 Å². The fourth-order valence-corrected chi connectivity index (χ4v) is 2.26. The molecule has 1 amide bonds. The Bertz CT molecular complexity index is 268. The second-order valence-electron chi connectivity index (χ2n) is 6.21. The highest BCUT2D eigenvalue weighted by atomic mass is 16.1. The van der Waals surface area contributed by atoms with Crippen LogP contribution in [0, 0.1) is 0 Å². The quantitative estimate of drug-likeness (QED) is 0.542. The molecule has 4 heteroatoms. The molecule has 20 heavy (non-hydrogen) atoms. The number of hydrogen-bond donors (Lipinski definition) is 2. The molecule has 3 N–H and O–H groups in total. The van der Waals surface area contributed by atoms with Crippen molar-refractivity contribution in [1.82, 2.24) is 10.2 Å². The van der Waals surface area contributed by atoms with Gasteiger partial charge in [-0.1, -0.05) is 26.7 Å². The van der Waals surface area contributed by atoms with Crippen molar-refractivity contribution in [1.29, 1.82) is 0 Å². The summed E-state index contributed by atoms with van der Waals surface area (Å²) in [5, 5.41) is 3.31. The van der Waals surface area contributed by atoms with E-state index in [1.54, 1.807) is 0 Å². The molecule has 1 atom stereocenters. The first-order chi connectivity index (χ1) is 9.37. The second kappa shape index (κ2) is 10.2. The number of unbranched alkanes of at least 4 members (excludes halogenated alkanes) is 2. The van der Waals surface area contributed by atoms with E-state index in [2.05, 4.69) is 37.9 Å². The molecule has 0 radical (unpaired) electrons. The van der Waals surface area contributed by atoms with Crippen LogP contribution in [-0.2, 0) is 4.79 Å². The van der Waals surface area contributed by atoms with E-state index >= 15 is 0 Å². The van der Waals surface area contributed by atoms with Crippen molar-refractivity contribution in [3.8, 4) is 0 Å². The minimum absolute atomic E-state index is 0.247. The molecule has 0 aromatic rings. The predicted molar refractivity (Wildman–Crippen MR) is 86.7 cm³/mol. The van der Waals surface area contributed by atoms with E-state index in [0.717, 1.165) is 32.5 Å². The van der Waals surface area contributed by atoms with Crippen molar-refractivity contribution in [3.05, 3.63) is 0 Å². The van der Waals surface area contributed by atoms with Gasteiger partial charge in [-0.15, -0.1) is 0 Å². The Balaban J connectivity index is 4.42. The van der Waals surface area contributed by atoms with Crippen LogP contribution in [0.3, 0.4) is 0 Å². The normalized spacial score (nSPS) is 14.8. The summed E-state index contributed by atoms with van der Waals surface area (Å²) in [5.41, 5.74) is 4.99. The molecule has 4 nitrogen and oxygen atoms in total. The second-order valence-corrected chi connectivity index (χ2v) is 6.21. The van der Waals surface area contributed by atoms with E-state index in [9.17, 15) is 4.79 Å². The summed E-state index contributed by atoms with van der Waals surface area (Å²) in [7, 11) is 0. The first kappa shape index (κ1) is 19.4. The van der Waals surface area contributed by atoms with Gasteiger partial charge in [0.15, 0.2) is 0 Å². The van der Waals surface area contributed by atoms with E-state index < -0.39 is 5.54 Å². The lowest BCUT2D eigenvalue weighted by atomic mass is 9.96. The highest BCUT2D eigenvalue weighted by Gasteiger charge is 2.30. The Kier molecular flexibility index (Phi) is 9.86. The molecule has 120 valence electrons. The topological polar surface area (TPSA) is 58.4 Å². The Morgan fingerprint density at radius 1 is 1.20 bits per heavy atom. The molecule has 0 bridgehead atoms. The smallest absolute Gasteiger partial charge is 0.237 e. The monoisotopic (exact) mass is 285 g/mol. The summed E-state index contributed by atoms with van der Waals surface area (Å²) >= 11 is 0. The number of primary amides is 1. The van der Waals surface area contributed by atoms with E-state index in [1.807, 2.05) is 6.92 Å². The fourth-order valence-electron chi connectivity index (χ4n) is 2.26. The number of carbonyl (C=O) groups is 1. The van der Waals surface area contributed by atoms with Gasteiger partial charge >= 0.3 is 0 Å². The highest BCUT2D eigenvalue weighted by molar-refractivity contribution is 5.84. The van der Waals surface area contributed by atoms with E-state index in [0.29, 0.717) is 6.04 Å². The first-order valence-corrected chi connectivity index (χ1v) is 8.16. The van der Waals surface area contributed by atoms with Gasteiger partial charge in [-0.25, -0.2) is 0 Å². The third-order valence-electron chi connectivity index (χ3n) is 3.99. The van der Waals surface area contributed by atoms with E-state index in [-0.39, 0.29) is 5.91 Å². The standard InChI is InChI=1S/C16H35N3O/c1-6-8-9-12-19(14(3)4)13-10-16(5,15(17)20)18-11-7-2/h14,18H,6-13H2,1-5H3,(H2,17,20). The Morgan fingerprint density at radius 2 is 1.85 bits per heavy atom. The lowest BCUT2D eigenvalue weighted by Gasteiger charge is -2.33. The van der Waals surface area contributed by atoms with Gasteiger partial charge in [-0.2, -0.15) is 0 Å². The summed E-state index contributed by atoms with van der Waals surface area (Å²) in [5.74, 6) is -0.247. The maximum atomic E-state index is 11.7. The summed E-state index contributed by atoms with van der Waals surface area (Å²) < 4.78 is 0. The SMILES string of the molecule is CCCCCN(CCC(C)(NCCC)C(N)=O)C(C)C. The first-order valence-electron chi connectivity index (χ1n) is 8.16. The fraction of sp³-hybridized carbons (Fsp3) is 0.938. The summed E-state index contributed by atoms with van der Waals surface area (Å²) in [6, 6.07) is 0.509. The van der Waals surface area contributed by atoms with Crippen molar-refractivity contribution in [2.24, 2.45) is 5.73 Å². The number of nitrogens with one attached hydrogen (secondary N) is 1. The number of rotatable bonds is 12. The number of hydrogen-bond acceptors (Lipinski definition) is 3. The highest BCUT2D eigenvalue weighted by Crippen LogP contribution is 2.13. The average Bonchev–Trinajstić information content (AvgIpc) is 2.39. The van der Waals surface area contributed by atoms with Gasteiger partial charge in [0, 0.05) is 12.6 Å². The van der Waals surface area contributed by atoms with Crippen molar-refractivity contribution in [2.75, 3.05) is 19.6 Å². The van der Waals surface area contributed by atoms with Crippen LogP contribution in [0.5, 0.6) is 0 Å². The Morgan fingerprint density at radius 3 is 2.30 bits per heavy atom. The molecule has 0 saturated carbocycles. The molecule has 0 aliphatic heterocycles. The van der Waals surface area contributed by atoms with Crippen LogP contribution in [0.25, 0.3) is 0 Å². The third-order valence-corrected chi connectivity index (χ3v) is 3.99. The molecule has 0 rings (SSSR count). The van der Waals surface area contributed by atoms with Crippen molar-refractivity contribution in [3.63, 3.8) is 0 Å². The van der Waals surface area contributed by atoms with Crippen LogP contribution >= 0.6 is 0 Å². The zero-order valence-electron chi connectivity index (χ0n) is 14.2. The zero-order valence-corrected chi connectivity index (χ0v) is 14.2. The van der Waals surface area contributed by atoms with Crippen LogP contribution in [-0.4, -0.2) is 42.0 Å². The maximum Gasteiger partial charge on any atom is 0.237 e. The van der Waals surface area contributed by atoms with Gasteiger partial charge in [0.1, 0.15) is 0 Å². The molecule has 0 aliphatic carbocycles. The number of carbonyl (C=O) groups excluding carboxylic acids is 1. The molecule has 0 fully saturated rings. The number of amides is 1. The average molecular weight is 285 g/mol. The third kappa shape index (κ3) is 7.25. The predicted octanol–water partition coefficient (Wildman–Crippen LogP) is 2.52. The summed E-state index contributed by atoms with van der Waals surface area (Å²) in [4.78, 5) is 14.2. The van der Waals surface area contributed by atoms with Crippen LogP contribution in [0.2, 0.25) is 0 Å². The molecule has 0 aromatic carbocycles. The van der Waals surface area contributed by atoms with Crippen molar-refractivity contribution < 1.29 is 4.79 Å². The van der Waals surface area contributed by atoms with Gasteiger partial charge in [-0.3, -0.25) is 4.79 Å². The van der Waals surface area contributed by atoms with Gasteiger partial charge in [-0.05, 0) is 53.1 Å². The zero-order chi connectivity index (χ0) is 15.6. The lowest BCUT2D eigenvalue weighted by molar-refractivity contribution is -0.124. The van der Waals surface area contributed by atoms with Gasteiger partial charge in [0.05, 0.1) is 5.54 Å². The largest absolute Gasteiger partial charge is 0.368 e. The van der Waals surface area contributed by atoms with E-state index in [4.69, 9.17) is 5.73 Å². The Hall–Kier alpha value is -0.610. The number of nitrogens with zero attached hydrogens (tertiary/aromatic N) is 1. The van der Waals surface area contributed by atoms with E-state index in [1.165, 1.54) is 19.3 Å². The van der Waals surface area contributed by atoms with Crippen LogP contribution in [0.1, 0.15) is 66.7 Å². The lowest BCUT2D eigenvalue weighted by Crippen LogP contribution is -2.55. The number of nitrogens with two attached hydrogens (primary N) is 1. The van der Waals surface area contributed by atoms with Crippen LogP contribution < -0.4 is 11.1 Å². The molecule has 0 heterocycles. The maximum absolute atomic E-state index is 11.7. The molecule has 1 unspecified atom stereocenters. The molecule has 0 aromatic heterocycles. The van der Waals surface area contributed by atoms with Gasteiger partial charge in [0.25, 0.3) is 0 Å². The molecule has 0 saturated heterocycles. The Labute approximate surface area is 125 Å². The molecule has 0 aliphatic rings. The van der Waals surface area contributed by atoms with Gasteiger partial charge < -0.3 is 16.0 Å². The van der Waals surface area contributed by atoms with Gasteiger partial charge in [0.2, 0.25) is 5.91 Å². The molecular weight excluding hydrogens is 250 g/mol.